The predicted molar refractivity (Wildman–Crippen MR) is 55.6 cm³/mol. The minimum Gasteiger partial charge on any atom is -0.369 e. The molecule has 5 N–H and O–H groups in total. The van der Waals surface area contributed by atoms with Gasteiger partial charge >= 0.3 is 0 Å². The molecule has 0 aliphatic rings. The van der Waals surface area contributed by atoms with Gasteiger partial charge < -0.3 is 16.5 Å². The van der Waals surface area contributed by atoms with E-state index in [-0.39, 0.29) is 24.8 Å². The molecule has 0 amide bonds. The molecular formula is C6H12Cl2N4. The largest absolute Gasteiger partial charge is 0.369 e. The summed E-state index contributed by atoms with van der Waals surface area (Å²) in [7, 11) is 0. The summed E-state index contributed by atoms with van der Waals surface area (Å²) in [5.41, 5.74) is 11.4. The Morgan fingerprint density at radius 3 is 2.58 bits per heavy atom. The molecule has 0 saturated heterocycles. The molecule has 0 radical (unpaired) electrons. The maximum Gasteiger partial charge on any atom is 0.198 e. The summed E-state index contributed by atoms with van der Waals surface area (Å²) >= 11 is 0. The Kier molecular flexibility index (Phi) is 8.04. The number of nitrogen functional groups attached to an aromatic ring is 1. The van der Waals surface area contributed by atoms with Crippen LogP contribution in [0.2, 0.25) is 0 Å². The maximum absolute atomic E-state index is 5.32. The number of hydrogen-bond donors (Lipinski definition) is 3. The summed E-state index contributed by atoms with van der Waals surface area (Å²) in [6, 6.07) is 0. The van der Waals surface area contributed by atoms with Crippen LogP contribution in [0.3, 0.4) is 0 Å². The maximum atomic E-state index is 5.32. The van der Waals surface area contributed by atoms with Gasteiger partial charge in [0.25, 0.3) is 0 Å². The lowest BCUT2D eigenvalue weighted by atomic mass is 10.4. The molecule has 12 heavy (non-hydrogen) atoms. The standard InChI is InChI=1S/C6H10N4.2ClH/c7-3-1-2-5-4-9-6(8)10-5;;/h1-2,4H,3,7H2,(H3,8,9,10);2*1H/b2-1+;;. The van der Waals surface area contributed by atoms with Gasteiger partial charge in [-0.15, -0.1) is 24.8 Å². The van der Waals surface area contributed by atoms with Gasteiger partial charge in [0.15, 0.2) is 5.95 Å². The lowest BCUT2D eigenvalue weighted by Gasteiger charge is -1.79. The van der Waals surface area contributed by atoms with Crippen LogP contribution in [0, 0.1) is 0 Å². The number of halogens is 2. The number of H-pyrrole nitrogens is 1. The zero-order chi connectivity index (χ0) is 7.40. The van der Waals surface area contributed by atoms with Crippen LogP contribution in [0.15, 0.2) is 12.3 Å². The van der Waals surface area contributed by atoms with E-state index in [0.29, 0.717) is 12.5 Å². The fraction of sp³-hybridized carbons (Fsp3) is 0.167. The lowest BCUT2D eigenvalue weighted by molar-refractivity contribution is 1.26. The molecule has 1 aromatic rings. The van der Waals surface area contributed by atoms with Crippen LogP contribution in [0.4, 0.5) is 5.95 Å². The van der Waals surface area contributed by atoms with Gasteiger partial charge in [-0.2, -0.15) is 0 Å². The molecule has 1 rings (SSSR count). The molecular weight excluding hydrogens is 199 g/mol. The molecule has 0 spiro atoms. The average Bonchev–Trinajstić information content (AvgIpc) is 2.31. The zero-order valence-electron chi connectivity index (χ0n) is 6.36. The highest BCUT2D eigenvalue weighted by molar-refractivity contribution is 5.85. The Morgan fingerprint density at radius 2 is 2.17 bits per heavy atom. The van der Waals surface area contributed by atoms with Crippen LogP contribution in [0.1, 0.15) is 5.69 Å². The summed E-state index contributed by atoms with van der Waals surface area (Å²) < 4.78 is 0. The smallest absolute Gasteiger partial charge is 0.198 e. The van der Waals surface area contributed by atoms with E-state index in [1.165, 1.54) is 0 Å². The van der Waals surface area contributed by atoms with Crippen molar-refractivity contribution >= 4 is 36.8 Å². The summed E-state index contributed by atoms with van der Waals surface area (Å²) in [6.07, 6.45) is 5.35. The van der Waals surface area contributed by atoms with Gasteiger partial charge in [0, 0.05) is 12.7 Å². The second kappa shape index (κ2) is 6.97. The molecule has 0 aliphatic heterocycles. The van der Waals surface area contributed by atoms with Gasteiger partial charge in [0.2, 0.25) is 0 Å². The van der Waals surface area contributed by atoms with E-state index in [4.69, 9.17) is 11.5 Å². The molecule has 1 heterocycles. The third-order valence-corrected chi connectivity index (χ3v) is 1.04. The molecule has 0 bridgehead atoms. The minimum absolute atomic E-state index is 0. The number of nitrogens with zero attached hydrogens (tertiary/aromatic N) is 1. The van der Waals surface area contributed by atoms with Crippen molar-refractivity contribution in [3.63, 3.8) is 0 Å². The monoisotopic (exact) mass is 210 g/mol. The number of aromatic nitrogens is 2. The third kappa shape index (κ3) is 4.23. The van der Waals surface area contributed by atoms with Crippen molar-refractivity contribution in [1.29, 1.82) is 0 Å². The number of nitrogens with one attached hydrogen (secondary N) is 1. The van der Waals surface area contributed by atoms with Gasteiger partial charge in [-0.3, -0.25) is 0 Å². The molecule has 0 atom stereocenters. The molecule has 0 fully saturated rings. The van der Waals surface area contributed by atoms with E-state index in [0.717, 1.165) is 5.69 Å². The van der Waals surface area contributed by atoms with Gasteiger partial charge in [-0.25, -0.2) is 4.98 Å². The first-order chi connectivity index (χ1) is 4.83. The quantitative estimate of drug-likeness (QED) is 0.676. The first-order valence-electron chi connectivity index (χ1n) is 3.00. The van der Waals surface area contributed by atoms with Crippen LogP contribution in [0.5, 0.6) is 0 Å². The third-order valence-electron chi connectivity index (χ3n) is 1.04. The summed E-state index contributed by atoms with van der Waals surface area (Å²) in [5.74, 6) is 0.427. The molecule has 0 unspecified atom stereocenters. The van der Waals surface area contributed by atoms with Crippen molar-refractivity contribution in [1.82, 2.24) is 9.97 Å². The van der Waals surface area contributed by atoms with E-state index in [1.54, 1.807) is 6.20 Å². The van der Waals surface area contributed by atoms with Gasteiger partial charge in [0.1, 0.15) is 0 Å². The number of rotatable bonds is 2. The Hall–Kier alpha value is -0.710. The van der Waals surface area contributed by atoms with Gasteiger partial charge in [0.05, 0.1) is 5.69 Å². The van der Waals surface area contributed by atoms with Crippen molar-refractivity contribution in [2.24, 2.45) is 5.73 Å². The van der Waals surface area contributed by atoms with E-state index in [2.05, 4.69) is 9.97 Å². The van der Waals surface area contributed by atoms with E-state index < -0.39 is 0 Å². The molecule has 0 aliphatic carbocycles. The lowest BCUT2D eigenvalue weighted by Crippen LogP contribution is -1.92. The Balaban J connectivity index is 0. The van der Waals surface area contributed by atoms with Crippen molar-refractivity contribution in [3.8, 4) is 0 Å². The average molecular weight is 211 g/mol. The van der Waals surface area contributed by atoms with Crippen molar-refractivity contribution in [2.45, 2.75) is 0 Å². The highest BCUT2D eigenvalue weighted by Crippen LogP contribution is 1.98. The summed E-state index contributed by atoms with van der Waals surface area (Å²) in [6.45, 7) is 0.521. The number of anilines is 1. The first-order valence-corrected chi connectivity index (χ1v) is 3.00. The highest BCUT2D eigenvalue weighted by atomic mass is 35.5. The van der Waals surface area contributed by atoms with Gasteiger partial charge in [-0.1, -0.05) is 6.08 Å². The van der Waals surface area contributed by atoms with Crippen LogP contribution < -0.4 is 11.5 Å². The van der Waals surface area contributed by atoms with E-state index >= 15 is 0 Å². The van der Waals surface area contributed by atoms with E-state index in [1.807, 2.05) is 12.2 Å². The fourth-order valence-electron chi connectivity index (χ4n) is 0.626. The second-order valence-electron chi connectivity index (χ2n) is 1.85. The zero-order valence-corrected chi connectivity index (χ0v) is 7.99. The molecule has 1 aromatic heterocycles. The van der Waals surface area contributed by atoms with E-state index in [9.17, 15) is 0 Å². The van der Waals surface area contributed by atoms with Crippen LogP contribution in [-0.4, -0.2) is 16.5 Å². The normalized spacial score (nSPS) is 9.08. The van der Waals surface area contributed by atoms with Crippen LogP contribution in [-0.2, 0) is 0 Å². The number of hydrogen-bond acceptors (Lipinski definition) is 3. The molecule has 0 saturated carbocycles. The second-order valence-corrected chi connectivity index (χ2v) is 1.85. The van der Waals surface area contributed by atoms with Crippen LogP contribution >= 0.6 is 24.8 Å². The minimum atomic E-state index is 0. The number of aromatic amines is 1. The van der Waals surface area contributed by atoms with Gasteiger partial charge in [-0.05, 0) is 6.08 Å². The SMILES string of the molecule is Cl.Cl.NC/C=C/c1c[nH]c(N)n1. The number of imidazole rings is 1. The van der Waals surface area contributed by atoms with Crippen LogP contribution in [0.25, 0.3) is 6.08 Å². The molecule has 0 aromatic carbocycles. The predicted octanol–water partition coefficient (Wildman–Crippen LogP) is 0.807. The number of nitrogens with two attached hydrogens (primary N) is 2. The fourth-order valence-corrected chi connectivity index (χ4v) is 0.626. The molecule has 4 nitrogen and oxygen atoms in total. The Labute approximate surface area is 83.3 Å². The topological polar surface area (TPSA) is 80.7 Å². The Morgan fingerprint density at radius 1 is 1.50 bits per heavy atom. The summed E-state index contributed by atoms with van der Waals surface area (Å²) in [4.78, 5) is 6.68. The Bertz CT molecular complexity index is 233. The molecule has 6 heteroatoms. The first kappa shape index (κ1) is 13.9. The molecule has 70 valence electrons. The van der Waals surface area contributed by atoms with Crippen molar-refractivity contribution in [3.05, 3.63) is 18.0 Å². The summed E-state index contributed by atoms with van der Waals surface area (Å²) in [5, 5.41) is 0. The van der Waals surface area contributed by atoms with Crippen molar-refractivity contribution in [2.75, 3.05) is 12.3 Å². The highest BCUT2D eigenvalue weighted by Gasteiger charge is 1.89. The van der Waals surface area contributed by atoms with Crippen molar-refractivity contribution < 1.29 is 0 Å².